The monoisotopic (exact) mass is 431 g/mol. The Kier molecular flexibility index (Phi) is 5.26. The Morgan fingerprint density at radius 3 is 2.50 bits per heavy atom. The van der Waals surface area contributed by atoms with Crippen molar-refractivity contribution >= 4 is 17.5 Å². The van der Waals surface area contributed by atoms with Crippen LogP contribution in [0.15, 0.2) is 48.5 Å². The predicted molar refractivity (Wildman–Crippen MR) is 122 cm³/mol. The van der Waals surface area contributed by atoms with Gasteiger partial charge in [0, 0.05) is 37.4 Å². The van der Waals surface area contributed by atoms with E-state index in [2.05, 4.69) is 20.4 Å². The lowest BCUT2D eigenvalue weighted by atomic mass is 10.1. The molecule has 2 aliphatic heterocycles. The maximum atomic E-state index is 12.7. The lowest BCUT2D eigenvalue weighted by Gasteiger charge is -2.35. The molecular formula is C24H25N5O3. The lowest BCUT2D eigenvalue weighted by molar-refractivity contribution is 0.174. The third-order valence-corrected chi connectivity index (χ3v) is 5.84. The second-order valence-corrected chi connectivity index (χ2v) is 8.07. The van der Waals surface area contributed by atoms with Crippen molar-refractivity contribution < 1.29 is 14.3 Å². The third kappa shape index (κ3) is 4.03. The highest BCUT2D eigenvalue weighted by Gasteiger charge is 2.23. The topological polar surface area (TPSA) is 79.8 Å². The molecule has 2 aromatic carbocycles. The number of rotatable bonds is 3. The van der Waals surface area contributed by atoms with E-state index in [1.54, 1.807) is 0 Å². The minimum Gasteiger partial charge on any atom is -0.454 e. The molecule has 1 fully saturated rings. The van der Waals surface area contributed by atoms with Crippen molar-refractivity contribution in [3.05, 3.63) is 59.7 Å². The first-order valence-electron chi connectivity index (χ1n) is 10.7. The summed E-state index contributed by atoms with van der Waals surface area (Å²) in [7, 11) is 0. The molecule has 0 unspecified atom stereocenters. The van der Waals surface area contributed by atoms with Gasteiger partial charge in [0.15, 0.2) is 17.3 Å². The minimum absolute atomic E-state index is 0.0670. The van der Waals surface area contributed by atoms with Crippen LogP contribution in [0.2, 0.25) is 0 Å². The summed E-state index contributed by atoms with van der Waals surface area (Å²) in [6.45, 7) is 6.94. The number of ether oxygens (including phenoxy) is 2. The van der Waals surface area contributed by atoms with Gasteiger partial charge in [0.2, 0.25) is 6.79 Å². The number of amides is 2. The number of anilines is 2. The van der Waals surface area contributed by atoms with Crippen molar-refractivity contribution in [1.29, 1.82) is 0 Å². The maximum Gasteiger partial charge on any atom is 0.321 e. The highest BCUT2D eigenvalue weighted by Crippen LogP contribution is 2.35. The van der Waals surface area contributed by atoms with E-state index in [-0.39, 0.29) is 12.8 Å². The summed E-state index contributed by atoms with van der Waals surface area (Å²) in [5.41, 5.74) is 4.75. The Hall–Kier alpha value is -3.81. The molecule has 3 aromatic rings. The SMILES string of the molecule is Cc1ccc(C)c(NC(=O)N2CCN(c3ccc(-c4ccc5c(c4)OCO5)nn3)CC2)c1. The number of hydrogen-bond donors (Lipinski definition) is 1. The van der Waals surface area contributed by atoms with Gasteiger partial charge in [-0.2, -0.15) is 0 Å². The van der Waals surface area contributed by atoms with Crippen LogP contribution in [0.3, 0.4) is 0 Å². The second-order valence-electron chi connectivity index (χ2n) is 8.07. The van der Waals surface area contributed by atoms with Gasteiger partial charge < -0.3 is 24.6 Å². The van der Waals surface area contributed by atoms with Gasteiger partial charge >= 0.3 is 6.03 Å². The van der Waals surface area contributed by atoms with E-state index >= 15 is 0 Å². The molecule has 0 aliphatic carbocycles. The summed E-state index contributed by atoms with van der Waals surface area (Å²) < 4.78 is 10.8. The Bertz CT molecular complexity index is 1140. The number of benzene rings is 2. The average Bonchev–Trinajstić information content (AvgIpc) is 3.30. The van der Waals surface area contributed by atoms with Crippen molar-refractivity contribution in [2.45, 2.75) is 13.8 Å². The number of carbonyl (C=O) groups is 1. The number of hydrogen-bond acceptors (Lipinski definition) is 6. The Balaban J connectivity index is 1.20. The molecule has 0 saturated carbocycles. The number of nitrogens with one attached hydrogen (secondary N) is 1. The third-order valence-electron chi connectivity index (χ3n) is 5.84. The fourth-order valence-electron chi connectivity index (χ4n) is 3.91. The molecule has 5 rings (SSSR count). The normalized spacial score (nSPS) is 15.1. The van der Waals surface area contributed by atoms with E-state index in [0.717, 1.165) is 45.4 Å². The molecule has 8 nitrogen and oxygen atoms in total. The van der Waals surface area contributed by atoms with Gasteiger partial charge in [-0.3, -0.25) is 0 Å². The largest absolute Gasteiger partial charge is 0.454 e. The summed E-state index contributed by atoms with van der Waals surface area (Å²) in [6.07, 6.45) is 0. The molecule has 2 amide bonds. The quantitative estimate of drug-likeness (QED) is 0.679. The predicted octanol–water partition coefficient (Wildman–Crippen LogP) is 3.84. The zero-order valence-corrected chi connectivity index (χ0v) is 18.2. The van der Waals surface area contributed by atoms with E-state index in [4.69, 9.17) is 9.47 Å². The smallest absolute Gasteiger partial charge is 0.321 e. The van der Waals surface area contributed by atoms with Crippen LogP contribution in [0.4, 0.5) is 16.3 Å². The van der Waals surface area contributed by atoms with E-state index in [9.17, 15) is 4.79 Å². The highest BCUT2D eigenvalue weighted by molar-refractivity contribution is 5.90. The van der Waals surface area contributed by atoms with Crippen LogP contribution in [0, 0.1) is 13.8 Å². The van der Waals surface area contributed by atoms with E-state index in [1.807, 2.05) is 67.3 Å². The number of fused-ring (bicyclic) bond motifs is 1. The molecule has 1 saturated heterocycles. The number of urea groups is 1. The molecule has 1 N–H and O–H groups in total. The van der Waals surface area contributed by atoms with Crippen molar-refractivity contribution in [2.75, 3.05) is 43.2 Å². The Labute approximate surface area is 186 Å². The van der Waals surface area contributed by atoms with Gasteiger partial charge in [0.1, 0.15) is 0 Å². The van der Waals surface area contributed by atoms with Crippen molar-refractivity contribution in [3.8, 4) is 22.8 Å². The number of nitrogens with zero attached hydrogens (tertiary/aromatic N) is 4. The molecule has 164 valence electrons. The molecule has 0 radical (unpaired) electrons. The molecule has 0 spiro atoms. The van der Waals surface area contributed by atoms with Crippen LogP contribution in [-0.4, -0.2) is 54.1 Å². The first kappa shape index (κ1) is 20.1. The summed E-state index contributed by atoms with van der Waals surface area (Å²) in [5.74, 6) is 2.28. The lowest BCUT2D eigenvalue weighted by Crippen LogP contribution is -2.50. The number of aryl methyl sites for hydroxylation is 2. The van der Waals surface area contributed by atoms with Gasteiger partial charge in [-0.05, 0) is 61.4 Å². The zero-order valence-electron chi connectivity index (χ0n) is 18.2. The first-order valence-corrected chi connectivity index (χ1v) is 10.7. The first-order chi connectivity index (χ1) is 15.6. The van der Waals surface area contributed by atoms with E-state index < -0.39 is 0 Å². The summed E-state index contributed by atoms with van der Waals surface area (Å²) in [5, 5.41) is 11.9. The van der Waals surface area contributed by atoms with Crippen molar-refractivity contribution in [1.82, 2.24) is 15.1 Å². The molecule has 0 atom stereocenters. The molecular weight excluding hydrogens is 406 g/mol. The summed E-state index contributed by atoms with van der Waals surface area (Å²) in [6, 6.07) is 15.7. The number of carbonyl (C=O) groups excluding carboxylic acids is 1. The van der Waals surface area contributed by atoms with E-state index in [0.29, 0.717) is 26.2 Å². The van der Waals surface area contributed by atoms with Gasteiger partial charge in [-0.25, -0.2) is 4.79 Å². The Morgan fingerprint density at radius 1 is 0.906 bits per heavy atom. The molecule has 0 bridgehead atoms. The summed E-state index contributed by atoms with van der Waals surface area (Å²) in [4.78, 5) is 16.7. The molecule has 8 heteroatoms. The van der Waals surface area contributed by atoms with E-state index in [1.165, 1.54) is 0 Å². The fraction of sp³-hybridized carbons (Fsp3) is 0.292. The van der Waals surface area contributed by atoms with Gasteiger partial charge in [0.25, 0.3) is 0 Å². The van der Waals surface area contributed by atoms with Crippen molar-refractivity contribution in [3.63, 3.8) is 0 Å². The van der Waals surface area contributed by atoms with Gasteiger partial charge in [-0.1, -0.05) is 12.1 Å². The molecule has 32 heavy (non-hydrogen) atoms. The van der Waals surface area contributed by atoms with Crippen LogP contribution < -0.4 is 19.7 Å². The van der Waals surface area contributed by atoms with Crippen LogP contribution >= 0.6 is 0 Å². The van der Waals surface area contributed by atoms with Crippen LogP contribution in [-0.2, 0) is 0 Å². The highest BCUT2D eigenvalue weighted by atomic mass is 16.7. The van der Waals surface area contributed by atoms with Crippen LogP contribution in [0.25, 0.3) is 11.3 Å². The minimum atomic E-state index is -0.0670. The van der Waals surface area contributed by atoms with Gasteiger partial charge in [0.05, 0.1) is 5.69 Å². The van der Waals surface area contributed by atoms with Crippen LogP contribution in [0.5, 0.6) is 11.5 Å². The summed E-state index contributed by atoms with van der Waals surface area (Å²) >= 11 is 0. The number of aromatic nitrogens is 2. The maximum absolute atomic E-state index is 12.7. The van der Waals surface area contributed by atoms with Crippen LogP contribution in [0.1, 0.15) is 11.1 Å². The number of piperazine rings is 1. The molecule has 2 aliphatic rings. The van der Waals surface area contributed by atoms with Gasteiger partial charge in [-0.15, -0.1) is 10.2 Å². The zero-order chi connectivity index (χ0) is 22.1. The Morgan fingerprint density at radius 2 is 1.72 bits per heavy atom. The van der Waals surface area contributed by atoms with Crippen molar-refractivity contribution in [2.24, 2.45) is 0 Å². The molecule has 1 aromatic heterocycles. The second kappa shape index (κ2) is 8.37. The molecule has 3 heterocycles. The fourth-order valence-corrected chi connectivity index (χ4v) is 3.91. The standard InChI is InChI=1S/C24H25N5O3/c1-16-3-4-17(2)20(13-16)25-24(30)29-11-9-28(10-12-29)23-8-6-19(26-27-23)18-5-7-21-22(14-18)32-15-31-21/h3-8,13-14H,9-12,15H2,1-2H3,(H,25,30). The average molecular weight is 431 g/mol.